The molecule has 0 fully saturated rings. The number of nitrogens with zero attached hydrogens (tertiary/aromatic N) is 1. The van der Waals surface area contributed by atoms with E-state index < -0.39 is 0 Å². The number of amides is 2. The molecule has 1 aromatic carbocycles. The molecule has 1 aliphatic heterocycles. The standard InChI is InChI=1S/C18H23N3O3/c1-11(17-12(2)21-24-13(17)3)20-18(22)19-8-6-14-4-5-16-15(10-14)7-9-23-16/h4-5,10-11H,6-9H2,1-3H3,(H2,19,20,22)/t11-/m1/s1. The van der Waals surface area contributed by atoms with Crippen molar-refractivity contribution in [2.24, 2.45) is 0 Å². The van der Waals surface area contributed by atoms with Gasteiger partial charge in [-0.2, -0.15) is 0 Å². The van der Waals surface area contributed by atoms with E-state index in [1.165, 1.54) is 11.1 Å². The summed E-state index contributed by atoms with van der Waals surface area (Å²) in [6.07, 6.45) is 1.76. The monoisotopic (exact) mass is 329 g/mol. The van der Waals surface area contributed by atoms with Gasteiger partial charge < -0.3 is 19.9 Å². The molecule has 0 spiro atoms. The highest BCUT2D eigenvalue weighted by Gasteiger charge is 2.18. The molecular weight excluding hydrogens is 306 g/mol. The van der Waals surface area contributed by atoms with Gasteiger partial charge in [-0.1, -0.05) is 17.3 Å². The SMILES string of the molecule is Cc1noc(C)c1[C@@H](C)NC(=O)NCCc1ccc2c(c1)CCO2. The summed E-state index contributed by atoms with van der Waals surface area (Å²) in [5, 5.41) is 9.74. The van der Waals surface area contributed by atoms with Crippen LogP contribution in [0, 0.1) is 13.8 Å². The number of carbonyl (C=O) groups excluding carboxylic acids is 1. The fraction of sp³-hybridized carbons (Fsp3) is 0.444. The predicted octanol–water partition coefficient (Wildman–Crippen LogP) is 2.83. The topological polar surface area (TPSA) is 76.4 Å². The molecule has 1 atom stereocenters. The molecule has 128 valence electrons. The van der Waals surface area contributed by atoms with Gasteiger partial charge >= 0.3 is 6.03 Å². The van der Waals surface area contributed by atoms with Crippen LogP contribution in [0.15, 0.2) is 22.7 Å². The van der Waals surface area contributed by atoms with Crippen molar-refractivity contribution in [1.29, 1.82) is 0 Å². The third-order valence-corrected chi connectivity index (χ3v) is 4.32. The number of carbonyl (C=O) groups is 1. The molecule has 2 aromatic rings. The first-order valence-electron chi connectivity index (χ1n) is 8.26. The van der Waals surface area contributed by atoms with Crippen LogP contribution < -0.4 is 15.4 Å². The lowest BCUT2D eigenvalue weighted by Crippen LogP contribution is -2.38. The molecule has 2 heterocycles. The van der Waals surface area contributed by atoms with Crippen LogP contribution in [-0.4, -0.2) is 24.3 Å². The number of aryl methyl sites for hydroxylation is 2. The summed E-state index contributed by atoms with van der Waals surface area (Å²) >= 11 is 0. The molecule has 2 amide bonds. The van der Waals surface area contributed by atoms with Crippen molar-refractivity contribution in [1.82, 2.24) is 15.8 Å². The van der Waals surface area contributed by atoms with E-state index in [0.29, 0.717) is 6.54 Å². The molecule has 0 aliphatic carbocycles. The third-order valence-electron chi connectivity index (χ3n) is 4.32. The van der Waals surface area contributed by atoms with Crippen LogP contribution in [0.4, 0.5) is 4.79 Å². The molecule has 1 aliphatic rings. The van der Waals surface area contributed by atoms with Gasteiger partial charge in [-0.05, 0) is 44.4 Å². The Bertz CT molecular complexity index is 720. The number of hydrogen-bond donors (Lipinski definition) is 2. The Morgan fingerprint density at radius 3 is 2.96 bits per heavy atom. The lowest BCUT2D eigenvalue weighted by molar-refractivity contribution is 0.238. The molecule has 2 N–H and O–H groups in total. The van der Waals surface area contributed by atoms with Crippen LogP contribution in [0.5, 0.6) is 5.75 Å². The molecule has 6 nitrogen and oxygen atoms in total. The summed E-state index contributed by atoms with van der Waals surface area (Å²) in [6.45, 7) is 6.99. The van der Waals surface area contributed by atoms with Gasteiger partial charge in [0.05, 0.1) is 18.3 Å². The summed E-state index contributed by atoms with van der Waals surface area (Å²) in [4.78, 5) is 12.1. The first-order chi connectivity index (χ1) is 11.5. The van der Waals surface area contributed by atoms with E-state index in [4.69, 9.17) is 9.26 Å². The van der Waals surface area contributed by atoms with Gasteiger partial charge in [0.25, 0.3) is 0 Å². The molecule has 0 unspecified atom stereocenters. The zero-order valence-electron chi connectivity index (χ0n) is 14.3. The van der Waals surface area contributed by atoms with Crippen molar-refractivity contribution in [2.45, 2.75) is 39.7 Å². The number of ether oxygens (including phenoxy) is 1. The van der Waals surface area contributed by atoms with E-state index >= 15 is 0 Å². The van der Waals surface area contributed by atoms with Crippen LogP contribution in [0.1, 0.15) is 41.1 Å². The normalized spacial score (nSPS) is 14.0. The quantitative estimate of drug-likeness (QED) is 0.884. The minimum absolute atomic E-state index is 0.145. The summed E-state index contributed by atoms with van der Waals surface area (Å²) in [6, 6.07) is 5.89. The number of benzene rings is 1. The van der Waals surface area contributed by atoms with Gasteiger partial charge in [0.1, 0.15) is 11.5 Å². The van der Waals surface area contributed by atoms with E-state index in [-0.39, 0.29) is 12.1 Å². The number of aromatic nitrogens is 1. The maximum atomic E-state index is 12.1. The van der Waals surface area contributed by atoms with Crippen LogP contribution in [-0.2, 0) is 12.8 Å². The summed E-state index contributed by atoms with van der Waals surface area (Å²) in [5.41, 5.74) is 4.20. The van der Waals surface area contributed by atoms with Gasteiger partial charge in [-0.3, -0.25) is 0 Å². The van der Waals surface area contributed by atoms with Crippen molar-refractivity contribution in [3.8, 4) is 5.75 Å². The Labute approximate surface area is 141 Å². The second kappa shape index (κ2) is 6.95. The average molecular weight is 329 g/mol. The zero-order chi connectivity index (χ0) is 17.1. The second-order valence-corrected chi connectivity index (χ2v) is 6.15. The summed E-state index contributed by atoms with van der Waals surface area (Å²) < 4.78 is 10.6. The fourth-order valence-corrected chi connectivity index (χ4v) is 3.14. The molecule has 0 radical (unpaired) electrons. The molecule has 24 heavy (non-hydrogen) atoms. The lowest BCUT2D eigenvalue weighted by atomic mass is 10.1. The smallest absolute Gasteiger partial charge is 0.315 e. The number of nitrogens with one attached hydrogen (secondary N) is 2. The highest BCUT2D eigenvalue weighted by molar-refractivity contribution is 5.74. The van der Waals surface area contributed by atoms with Crippen LogP contribution in [0.3, 0.4) is 0 Å². The zero-order valence-corrected chi connectivity index (χ0v) is 14.3. The number of fused-ring (bicyclic) bond motifs is 1. The van der Waals surface area contributed by atoms with Crippen molar-refractivity contribution in [2.75, 3.05) is 13.2 Å². The van der Waals surface area contributed by atoms with Gasteiger partial charge in [0.15, 0.2) is 0 Å². The van der Waals surface area contributed by atoms with Gasteiger partial charge in [-0.15, -0.1) is 0 Å². The number of hydrogen-bond acceptors (Lipinski definition) is 4. The highest BCUT2D eigenvalue weighted by atomic mass is 16.5. The maximum absolute atomic E-state index is 12.1. The Hall–Kier alpha value is -2.50. The van der Waals surface area contributed by atoms with E-state index in [2.05, 4.69) is 27.9 Å². The Morgan fingerprint density at radius 2 is 2.21 bits per heavy atom. The molecule has 6 heteroatoms. The average Bonchev–Trinajstić information content (AvgIpc) is 3.13. The molecule has 1 aromatic heterocycles. The van der Waals surface area contributed by atoms with Crippen molar-refractivity contribution in [3.63, 3.8) is 0 Å². The Balaban J connectivity index is 1.47. The van der Waals surface area contributed by atoms with Crippen LogP contribution in [0.25, 0.3) is 0 Å². The van der Waals surface area contributed by atoms with Gasteiger partial charge in [0, 0.05) is 18.5 Å². The summed E-state index contributed by atoms with van der Waals surface area (Å²) in [7, 11) is 0. The Morgan fingerprint density at radius 1 is 1.38 bits per heavy atom. The minimum Gasteiger partial charge on any atom is -0.493 e. The Kier molecular flexibility index (Phi) is 4.74. The first-order valence-corrected chi connectivity index (χ1v) is 8.26. The second-order valence-electron chi connectivity index (χ2n) is 6.15. The number of rotatable bonds is 5. The van der Waals surface area contributed by atoms with E-state index in [0.717, 1.165) is 42.2 Å². The van der Waals surface area contributed by atoms with Gasteiger partial charge in [-0.25, -0.2) is 4.79 Å². The van der Waals surface area contributed by atoms with Crippen LogP contribution in [0.2, 0.25) is 0 Å². The van der Waals surface area contributed by atoms with E-state index in [1.54, 1.807) is 0 Å². The fourth-order valence-electron chi connectivity index (χ4n) is 3.14. The molecule has 3 rings (SSSR count). The van der Waals surface area contributed by atoms with E-state index in [1.807, 2.05) is 26.8 Å². The minimum atomic E-state index is -0.188. The molecular formula is C18H23N3O3. The van der Waals surface area contributed by atoms with Crippen LogP contribution >= 0.6 is 0 Å². The number of urea groups is 1. The van der Waals surface area contributed by atoms with E-state index in [9.17, 15) is 4.79 Å². The maximum Gasteiger partial charge on any atom is 0.315 e. The lowest BCUT2D eigenvalue weighted by Gasteiger charge is -2.14. The largest absolute Gasteiger partial charge is 0.493 e. The van der Waals surface area contributed by atoms with Crippen molar-refractivity contribution >= 4 is 6.03 Å². The van der Waals surface area contributed by atoms with Gasteiger partial charge in [0.2, 0.25) is 0 Å². The molecule has 0 bridgehead atoms. The highest BCUT2D eigenvalue weighted by Crippen LogP contribution is 2.26. The van der Waals surface area contributed by atoms with Crippen molar-refractivity contribution in [3.05, 3.63) is 46.3 Å². The summed E-state index contributed by atoms with van der Waals surface area (Å²) in [5.74, 6) is 1.72. The predicted molar refractivity (Wildman–Crippen MR) is 90.3 cm³/mol. The third kappa shape index (κ3) is 3.53. The first kappa shape index (κ1) is 16.4. The molecule has 0 saturated heterocycles. The van der Waals surface area contributed by atoms with Crippen molar-refractivity contribution < 1.29 is 14.1 Å². The molecule has 0 saturated carbocycles.